The molecule has 0 fully saturated rings. The number of rotatable bonds is 9. The normalized spacial score (nSPS) is 9.89. The Hall–Kier alpha value is -3.80. The van der Waals surface area contributed by atoms with Gasteiger partial charge in [0, 0.05) is 10.6 Å². The maximum Gasteiger partial charge on any atom is 0.212 e. The lowest BCUT2D eigenvalue weighted by molar-refractivity contribution is -0.105. The Morgan fingerprint density at radius 2 is 1.77 bits per heavy atom. The molecule has 3 aromatic carbocycles. The third kappa shape index (κ3) is 7.09. The molecule has 0 saturated heterocycles. The number of amides is 1. The number of benzene rings is 3. The number of hydrogen-bond acceptors (Lipinski definition) is 7. The van der Waals surface area contributed by atoms with Crippen LogP contribution in [0.5, 0.6) is 5.75 Å². The Labute approximate surface area is 215 Å². The highest BCUT2D eigenvalue weighted by atomic mass is 32.1. The minimum absolute atomic E-state index is 0.496. The summed E-state index contributed by atoms with van der Waals surface area (Å²) in [6.45, 7) is 2.96. The van der Waals surface area contributed by atoms with Gasteiger partial charge in [0.05, 0.1) is 18.2 Å². The molecule has 1 amide bonds. The standard InChI is InChI=1S/C26H22N4O2S.CH4S/c1-19-25(28-18-31)29-26(33-19)30(23-12-10-20(15-27)11-13-23)16-22-8-5-9-24(14-22)32-17-21-6-3-2-4-7-21;1-2/h2-14,18H,16-17H2,1H3,(H,28,31);2H,1H3. The summed E-state index contributed by atoms with van der Waals surface area (Å²) in [4.78, 5) is 18.5. The fraction of sp³-hybridized carbons (Fsp3) is 0.148. The van der Waals surface area contributed by atoms with Crippen LogP contribution in [0.2, 0.25) is 0 Å². The van der Waals surface area contributed by atoms with Gasteiger partial charge in [-0.05, 0) is 60.7 Å². The van der Waals surface area contributed by atoms with Gasteiger partial charge in [-0.1, -0.05) is 53.8 Å². The van der Waals surface area contributed by atoms with Gasteiger partial charge in [-0.25, -0.2) is 4.98 Å². The molecule has 0 radical (unpaired) electrons. The third-order valence-corrected chi connectivity index (χ3v) is 6.00. The van der Waals surface area contributed by atoms with Crippen LogP contribution in [0.3, 0.4) is 0 Å². The number of anilines is 3. The number of ether oxygens (including phenoxy) is 1. The van der Waals surface area contributed by atoms with Gasteiger partial charge in [0.1, 0.15) is 18.2 Å². The van der Waals surface area contributed by atoms with Crippen LogP contribution >= 0.6 is 24.0 Å². The first-order chi connectivity index (χ1) is 17.2. The van der Waals surface area contributed by atoms with Crippen molar-refractivity contribution in [3.05, 3.63) is 100 Å². The van der Waals surface area contributed by atoms with Crippen LogP contribution in [-0.4, -0.2) is 17.6 Å². The number of nitrogens with zero attached hydrogens (tertiary/aromatic N) is 3. The van der Waals surface area contributed by atoms with E-state index in [1.165, 1.54) is 11.3 Å². The van der Waals surface area contributed by atoms with Crippen molar-refractivity contribution in [3.63, 3.8) is 0 Å². The van der Waals surface area contributed by atoms with Gasteiger partial charge in [-0.15, -0.1) is 0 Å². The molecule has 0 unspecified atom stereocenters. The molecular weight excluding hydrogens is 476 g/mol. The lowest BCUT2D eigenvalue weighted by atomic mass is 10.1. The van der Waals surface area contributed by atoms with Crippen molar-refractivity contribution >= 4 is 47.0 Å². The molecule has 1 heterocycles. The molecule has 0 aliphatic heterocycles. The lowest BCUT2D eigenvalue weighted by Gasteiger charge is -2.22. The highest BCUT2D eigenvalue weighted by molar-refractivity contribution is 7.79. The van der Waals surface area contributed by atoms with E-state index in [0.29, 0.717) is 30.9 Å². The number of aromatic nitrogens is 1. The first kappa shape index (κ1) is 25.8. The number of hydrogen-bond donors (Lipinski definition) is 2. The van der Waals surface area contributed by atoms with Gasteiger partial charge in [0.25, 0.3) is 0 Å². The van der Waals surface area contributed by atoms with Gasteiger partial charge in [0.15, 0.2) is 5.13 Å². The number of thiazole rings is 1. The van der Waals surface area contributed by atoms with Crippen LogP contribution in [0.1, 0.15) is 21.6 Å². The SMILES string of the molecule is CS.Cc1sc(N(Cc2cccc(OCc3ccccc3)c2)c2ccc(C#N)cc2)nc1NC=O. The monoisotopic (exact) mass is 502 g/mol. The van der Waals surface area contributed by atoms with E-state index >= 15 is 0 Å². The highest BCUT2D eigenvalue weighted by Gasteiger charge is 2.17. The average molecular weight is 503 g/mol. The first-order valence-electron chi connectivity index (χ1n) is 10.8. The molecular formula is C27H26N4O2S2. The van der Waals surface area contributed by atoms with Gasteiger partial charge in [-0.2, -0.15) is 17.9 Å². The maximum absolute atomic E-state index is 10.9. The Morgan fingerprint density at radius 3 is 2.46 bits per heavy atom. The van der Waals surface area contributed by atoms with E-state index in [4.69, 9.17) is 10.00 Å². The second-order valence-corrected chi connectivity index (χ2v) is 8.51. The molecule has 1 aromatic heterocycles. The third-order valence-electron chi connectivity index (χ3n) is 5.01. The van der Waals surface area contributed by atoms with Crippen molar-refractivity contribution in [1.29, 1.82) is 5.26 Å². The molecule has 0 aliphatic rings. The van der Waals surface area contributed by atoms with Crippen molar-refractivity contribution in [2.24, 2.45) is 0 Å². The van der Waals surface area contributed by atoms with Crippen molar-refractivity contribution in [1.82, 2.24) is 4.98 Å². The van der Waals surface area contributed by atoms with Crippen molar-refractivity contribution in [2.75, 3.05) is 16.5 Å². The molecule has 35 heavy (non-hydrogen) atoms. The topological polar surface area (TPSA) is 78.2 Å². The minimum atomic E-state index is 0.496. The Morgan fingerprint density at radius 1 is 1.06 bits per heavy atom. The summed E-state index contributed by atoms with van der Waals surface area (Å²) in [6.07, 6.45) is 2.32. The van der Waals surface area contributed by atoms with Crippen LogP contribution in [-0.2, 0) is 17.9 Å². The molecule has 0 aliphatic carbocycles. The smallest absolute Gasteiger partial charge is 0.212 e. The summed E-state index contributed by atoms with van der Waals surface area (Å²) in [5, 5.41) is 12.6. The number of carbonyl (C=O) groups excluding carboxylic acids is 1. The Balaban J connectivity index is 0.00000167. The lowest BCUT2D eigenvalue weighted by Crippen LogP contribution is -2.16. The fourth-order valence-corrected chi connectivity index (χ4v) is 4.22. The number of thiol groups is 1. The van der Waals surface area contributed by atoms with Crippen LogP contribution < -0.4 is 15.0 Å². The number of aryl methyl sites for hydroxylation is 1. The predicted molar refractivity (Wildman–Crippen MR) is 146 cm³/mol. The second-order valence-electron chi connectivity index (χ2n) is 7.33. The van der Waals surface area contributed by atoms with Crippen LogP contribution in [0, 0.1) is 18.3 Å². The van der Waals surface area contributed by atoms with E-state index in [9.17, 15) is 4.79 Å². The summed E-state index contributed by atoms with van der Waals surface area (Å²) in [5.74, 6) is 1.33. The molecule has 0 atom stereocenters. The molecule has 178 valence electrons. The average Bonchev–Trinajstić information content (AvgIpc) is 3.28. The summed E-state index contributed by atoms with van der Waals surface area (Å²) in [6, 6.07) is 27.5. The van der Waals surface area contributed by atoms with E-state index in [1.807, 2.05) is 73.7 Å². The van der Waals surface area contributed by atoms with Crippen LogP contribution in [0.15, 0.2) is 78.9 Å². The maximum atomic E-state index is 10.9. The van der Waals surface area contributed by atoms with Gasteiger partial charge >= 0.3 is 0 Å². The Kier molecular flexibility index (Phi) is 9.72. The molecule has 0 saturated carbocycles. The quantitative estimate of drug-likeness (QED) is 0.206. The van der Waals surface area contributed by atoms with Gasteiger partial charge < -0.3 is 15.0 Å². The zero-order chi connectivity index (χ0) is 25.0. The van der Waals surface area contributed by atoms with Crippen molar-refractivity contribution in [2.45, 2.75) is 20.1 Å². The second kappa shape index (κ2) is 13.2. The first-order valence-corrected chi connectivity index (χ1v) is 12.5. The van der Waals surface area contributed by atoms with Gasteiger partial charge in [0.2, 0.25) is 6.41 Å². The molecule has 6 nitrogen and oxygen atoms in total. The van der Waals surface area contributed by atoms with Crippen LogP contribution in [0.25, 0.3) is 0 Å². The van der Waals surface area contributed by atoms with E-state index in [2.05, 4.69) is 33.9 Å². The van der Waals surface area contributed by atoms with E-state index < -0.39 is 0 Å². The highest BCUT2D eigenvalue weighted by Crippen LogP contribution is 2.35. The molecule has 0 spiro atoms. The molecule has 0 bridgehead atoms. The largest absolute Gasteiger partial charge is 0.489 e. The Bertz CT molecular complexity index is 1270. The zero-order valence-electron chi connectivity index (χ0n) is 19.5. The van der Waals surface area contributed by atoms with E-state index in [1.54, 1.807) is 18.4 Å². The number of carbonyl (C=O) groups is 1. The van der Waals surface area contributed by atoms with E-state index in [0.717, 1.165) is 32.6 Å². The number of nitriles is 1. The zero-order valence-corrected chi connectivity index (χ0v) is 21.2. The fourth-order valence-electron chi connectivity index (χ4n) is 3.33. The summed E-state index contributed by atoms with van der Waals surface area (Å²) >= 11 is 5.02. The molecule has 1 N–H and O–H groups in total. The predicted octanol–water partition coefficient (Wildman–Crippen LogP) is 6.35. The number of nitrogens with one attached hydrogen (secondary N) is 1. The van der Waals surface area contributed by atoms with Gasteiger partial charge in [-0.3, -0.25) is 4.79 Å². The molecule has 4 aromatic rings. The van der Waals surface area contributed by atoms with Crippen molar-refractivity contribution < 1.29 is 9.53 Å². The van der Waals surface area contributed by atoms with Crippen LogP contribution in [0.4, 0.5) is 16.6 Å². The van der Waals surface area contributed by atoms with Crippen molar-refractivity contribution in [3.8, 4) is 11.8 Å². The van der Waals surface area contributed by atoms with E-state index in [-0.39, 0.29) is 0 Å². The summed E-state index contributed by atoms with van der Waals surface area (Å²) in [7, 11) is 0. The molecule has 4 rings (SSSR count). The minimum Gasteiger partial charge on any atom is -0.489 e. The molecule has 8 heteroatoms. The summed E-state index contributed by atoms with van der Waals surface area (Å²) < 4.78 is 5.99. The summed E-state index contributed by atoms with van der Waals surface area (Å²) in [5.41, 5.74) is 3.64.